The van der Waals surface area contributed by atoms with E-state index in [1.165, 1.54) is 12.1 Å². The molecule has 0 saturated heterocycles. The number of alkyl halides is 9. The van der Waals surface area contributed by atoms with Gasteiger partial charge in [0.2, 0.25) is 0 Å². The molecule has 33 heavy (non-hydrogen) atoms. The van der Waals surface area contributed by atoms with Crippen molar-refractivity contribution in [2.75, 3.05) is 13.2 Å². The molecule has 0 bridgehead atoms. The molecule has 0 unspecified atom stereocenters. The predicted molar refractivity (Wildman–Crippen MR) is 101 cm³/mol. The van der Waals surface area contributed by atoms with E-state index in [4.69, 9.17) is 4.74 Å². The minimum Gasteiger partial charge on any atom is -0.482 e. The number of ether oxygens (including phenoxy) is 2. The monoisotopic (exact) mass is 496 g/mol. The molecule has 12 heteroatoms. The molecule has 190 valence electrons. The van der Waals surface area contributed by atoms with Crippen LogP contribution in [0.2, 0.25) is 0 Å². The van der Waals surface area contributed by atoms with Gasteiger partial charge in [0.15, 0.2) is 6.61 Å². The van der Waals surface area contributed by atoms with Crippen LogP contribution in [0.25, 0.3) is 0 Å². The molecule has 1 aromatic carbocycles. The number of benzene rings is 1. The van der Waals surface area contributed by atoms with Crippen LogP contribution in [-0.2, 0) is 16.0 Å². The minimum atomic E-state index is -6.98. The van der Waals surface area contributed by atoms with E-state index in [2.05, 4.69) is 25.5 Å². The van der Waals surface area contributed by atoms with Crippen LogP contribution in [0, 0.1) is 5.41 Å². The molecule has 0 fully saturated rings. The Bertz CT molecular complexity index is 772. The van der Waals surface area contributed by atoms with Crippen LogP contribution in [-0.4, -0.2) is 43.1 Å². The Labute approximate surface area is 185 Å². The fourth-order valence-corrected chi connectivity index (χ4v) is 2.45. The maximum absolute atomic E-state index is 13.4. The van der Waals surface area contributed by atoms with Crippen LogP contribution >= 0.6 is 0 Å². The summed E-state index contributed by atoms with van der Waals surface area (Å²) in [6.45, 7) is 4.01. The standard InChI is InChI=1S/C21H25F9O3/c1-4-17(2,3)10-9-14-5-7-15(8-6-14)33-13-16(31)32-12-11-18(22,23)19(24,25)20(26,27)21(28,29)30/h5-8H,4,9-13H2,1-3H3. The predicted octanol–water partition coefficient (Wildman–Crippen LogP) is 6.84. The van der Waals surface area contributed by atoms with E-state index in [9.17, 15) is 44.3 Å². The number of halogens is 9. The summed E-state index contributed by atoms with van der Waals surface area (Å²) < 4.78 is 124. The van der Waals surface area contributed by atoms with Crippen molar-refractivity contribution in [2.45, 2.75) is 70.4 Å². The van der Waals surface area contributed by atoms with Crippen molar-refractivity contribution in [2.24, 2.45) is 5.41 Å². The van der Waals surface area contributed by atoms with E-state index >= 15 is 0 Å². The summed E-state index contributed by atoms with van der Waals surface area (Å²) in [7, 11) is 0. The van der Waals surface area contributed by atoms with Gasteiger partial charge < -0.3 is 9.47 Å². The van der Waals surface area contributed by atoms with Gasteiger partial charge in [-0.1, -0.05) is 39.3 Å². The molecular formula is C21H25F9O3. The van der Waals surface area contributed by atoms with E-state index < -0.39 is 49.5 Å². The lowest BCUT2D eigenvalue weighted by molar-refractivity contribution is -0.397. The number of hydrogen-bond donors (Lipinski definition) is 0. The lowest BCUT2D eigenvalue weighted by Gasteiger charge is -2.33. The van der Waals surface area contributed by atoms with Gasteiger partial charge in [0, 0.05) is 0 Å². The quantitative estimate of drug-likeness (QED) is 0.235. The lowest BCUT2D eigenvalue weighted by atomic mass is 9.84. The van der Waals surface area contributed by atoms with Gasteiger partial charge in [-0.15, -0.1) is 0 Å². The molecule has 0 saturated carbocycles. The molecule has 1 aromatic rings. The van der Waals surface area contributed by atoms with E-state index in [1.54, 1.807) is 12.1 Å². The van der Waals surface area contributed by atoms with Crippen LogP contribution < -0.4 is 4.74 Å². The van der Waals surface area contributed by atoms with Gasteiger partial charge in [0.25, 0.3) is 0 Å². The number of rotatable bonds is 12. The zero-order chi connectivity index (χ0) is 25.7. The average Bonchev–Trinajstić information content (AvgIpc) is 2.70. The van der Waals surface area contributed by atoms with Crippen molar-refractivity contribution in [1.29, 1.82) is 0 Å². The van der Waals surface area contributed by atoms with Gasteiger partial charge in [0.05, 0.1) is 13.0 Å². The van der Waals surface area contributed by atoms with Crippen LogP contribution in [0.1, 0.15) is 45.6 Å². The molecule has 0 radical (unpaired) electrons. The molecule has 0 heterocycles. The second kappa shape index (κ2) is 10.4. The van der Waals surface area contributed by atoms with Gasteiger partial charge in [-0.05, 0) is 36.0 Å². The van der Waals surface area contributed by atoms with Gasteiger partial charge in [0.1, 0.15) is 5.75 Å². The summed E-state index contributed by atoms with van der Waals surface area (Å²) in [5.74, 6) is -20.6. The molecule has 0 spiro atoms. The Morgan fingerprint density at radius 1 is 0.848 bits per heavy atom. The Hall–Kier alpha value is -2.14. The Morgan fingerprint density at radius 2 is 1.39 bits per heavy atom. The summed E-state index contributed by atoms with van der Waals surface area (Å²) in [5, 5.41) is 0. The maximum Gasteiger partial charge on any atom is 0.460 e. The SMILES string of the molecule is CCC(C)(C)CCc1ccc(OCC(=O)OCCC(F)(F)C(F)(F)C(F)(F)C(F)(F)F)cc1. The van der Waals surface area contributed by atoms with Crippen LogP contribution in [0.4, 0.5) is 39.5 Å². The van der Waals surface area contributed by atoms with Crippen molar-refractivity contribution in [3.8, 4) is 5.75 Å². The van der Waals surface area contributed by atoms with Crippen LogP contribution in [0.5, 0.6) is 5.75 Å². The zero-order valence-electron chi connectivity index (χ0n) is 18.2. The first kappa shape index (κ1) is 28.9. The first-order valence-electron chi connectivity index (χ1n) is 9.94. The second-order valence-electron chi connectivity index (χ2n) is 8.27. The summed E-state index contributed by atoms with van der Waals surface area (Å²) >= 11 is 0. The van der Waals surface area contributed by atoms with Crippen LogP contribution in [0.3, 0.4) is 0 Å². The Kier molecular flexibility index (Phi) is 9.12. The lowest BCUT2D eigenvalue weighted by Crippen LogP contribution is -2.61. The molecule has 3 nitrogen and oxygen atoms in total. The fourth-order valence-electron chi connectivity index (χ4n) is 2.45. The van der Waals surface area contributed by atoms with Gasteiger partial charge in [-0.25, -0.2) is 4.79 Å². The number of hydrogen-bond acceptors (Lipinski definition) is 3. The van der Waals surface area contributed by atoms with E-state index in [0.29, 0.717) is 0 Å². The van der Waals surface area contributed by atoms with E-state index in [0.717, 1.165) is 24.8 Å². The third kappa shape index (κ3) is 7.43. The number of esters is 1. The normalized spacial score (nSPS) is 13.7. The van der Waals surface area contributed by atoms with Gasteiger partial charge in [-0.2, -0.15) is 39.5 Å². The van der Waals surface area contributed by atoms with Gasteiger partial charge in [-0.3, -0.25) is 0 Å². The third-order valence-corrected chi connectivity index (χ3v) is 5.22. The van der Waals surface area contributed by atoms with E-state index in [1.807, 2.05) is 0 Å². The molecule has 0 aliphatic rings. The minimum absolute atomic E-state index is 0.169. The second-order valence-corrected chi connectivity index (χ2v) is 8.27. The Balaban J connectivity index is 2.53. The summed E-state index contributed by atoms with van der Waals surface area (Å²) in [6.07, 6.45) is -6.40. The van der Waals surface area contributed by atoms with Gasteiger partial charge >= 0.3 is 29.9 Å². The third-order valence-electron chi connectivity index (χ3n) is 5.22. The molecule has 0 aromatic heterocycles. The number of aryl methyl sites for hydroxylation is 1. The summed E-state index contributed by atoms with van der Waals surface area (Å²) in [5.41, 5.74) is 1.17. The topological polar surface area (TPSA) is 35.5 Å². The molecule has 0 amide bonds. The highest BCUT2D eigenvalue weighted by atomic mass is 19.4. The molecule has 1 rings (SSSR count). The van der Waals surface area contributed by atoms with E-state index in [-0.39, 0.29) is 11.2 Å². The molecule has 0 atom stereocenters. The first-order chi connectivity index (χ1) is 14.9. The van der Waals surface area contributed by atoms with Crippen molar-refractivity contribution in [3.05, 3.63) is 29.8 Å². The van der Waals surface area contributed by atoms with Crippen molar-refractivity contribution in [1.82, 2.24) is 0 Å². The molecule has 0 aliphatic carbocycles. The molecular weight excluding hydrogens is 471 g/mol. The number of carbonyl (C=O) groups is 1. The maximum atomic E-state index is 13.4. The smallest absolute Gasteiger partial charge is 0.460 e. The highest BCUT2D eigenvalue weighted by Crippen LogP contribution is 2.53. The highest BCUT2D eigenvalue weighted by Gasteiger charge is 2.81. The van der Waals surface area contributed by atoms with Crippen molar-refractivity contribution >= 4 is 5.97 Å². The molecule has 0 aliphatic heterocycles. The summed E-state index contributed by atoms with van der Waals surface area (Å²) in [6, 6.07) is 6.57. The zero-order valence-corrected chi connectivity index (χ0v) is 18.2. The van der Waals surface area contributed by atoms with Crippen LogP contribution in [0.15, 0.2) is 24.3 Å². The Morgan fingerprint density at radius 3 is 1.88 bits per heavy atom. The summed E-state index contributed by atoms with van der Waals surface area (Å²) in [4.78, 5) is 11.5. The highest BCUT2D eigenvalue weighted by molar-refractivity contribution is 5.71. The average molecular weight is 496 g/mol. The largest absolute Gasteiger partial charge is 0.482 e. The van der Waals surface area contributed by atoms with Crippen molar-refractivity contribution < 1.29 is 53.8 Å². The first-order valence-corrected chi connectivity index (χ1v) is 9.94. The fraction of sp³-hybridized carbons (Fsp3) is 0.667. The number of carbonyl (C=O) groups excluding carboxylic acids is 1. The molecule has 0 N–H and O–H groups in total. The van der Waals surface area contributed by atoms with Crippen molar-refractivity contribution in [3.63, 3.8) is 0 Å².